The zero-order valence-corrected chi connectivity index (χ0v) is 14.9. The molecule has 1 aromatic heterocycles. The van der Waals surface area contributed by atoms with Gasteiger partial charge in [0.15, 0.2) is 0 Å². The number of rotatable bonds is 5. The zero-order valence-electron chi connectivity index (χ0n) is 14.1. The third kappa shape index (κ3) is 2.99. The summed E-state index contributed by atoms with van der Waals surface area (Å²) in [7, 11) is 0. The Labute approximate surface area is 155 Å². The highest BCUT2D eigenvalue weighted by Gasteiger charge is 2.47. The Morgan fingerprint density at radius 2 is 2.00 bits per heavy atom. The van der Waals surface area contributed by atoms with E-state index in [1.54, 1.807) is 16.2 Å². The summed E-state index contributed by atoms with van der Waals surface area (Å²) in [6.07, 6.45) is 1.53. The molecule has 1 N–H and O–H groups in total. The van der Waals surface area contributed by atoms with E-state index in [9.17, 15) is 14.4 Å². The van der Waals surface area contributed by atoms with Crippen molar-refractivity contribution in [3.8, 4) is 0 Å². The van der Waals surface area contributed by atoms with Gasteiger partial charge >= 0.3 is 6.03 Å². The Morgan fingerprint density at radius 1 is 1.19 bits per heavy atom. The molecule has 3 heterocycles. The van der Waals surface area contributed by atoms with Crippen molar-refractivity contribution in [2.45, 2.75) is 24.9 Å². The van der Waals surface area contributed by atoms with E-state index in [-0.39, 0.29) is 36.5 Å². The van der Waals surface area contributed by atoms with Crippen LogP contribution in [-0.4, -0.2) is 46.8 Å². The van der Waals surface area contributed by atoms with Gasteiger partial charge in [-0.25, -0.2) is 4.79 Å². The third-order valence-corrected chi connectivity index (χ3v) is 5.79. The quantitative estimate of drug-likeness (QED) is 0.823. The monoisotopic (exact) mass is 369 g/mol. The number of fused-ring (bicyclic) bond motifs is 1. The normalized spacial score (nSPS) is 20.4. The molecule has 0 aliphatic carbocycles. The van der Waals surface area contributed by atoms with E-state index < -0.39 is 0 Å². The van der Waals surface area contributed by atoms with Crippen LogP contribution < -0.4 is 5.32 Å². The van der Waals surface area contributed by atoms with Gasteiger partial charge < -0.3 is 10.2 Å². The van der Waals surface area contributed by atoms with E-state index in [2.05, 4.69) is 5.32 Å². The number of nitrogens with zero attached hydrogens (tertiary/aromatic N) is 2. The zero-order chi connectivity index (χ0) is 18.1. The van der Waals surface area contributed by atoms with Gasteiger partial charge in [0.05, 0.1) is 6.04 Å². The number of amides is 4. The average molecular weight is 369 g/mol. The van der Waals surface area contributed by atoms with Crippen molar-refractivity contribution in [3.05, 3.63) is 58.3 Å². The lowest BCUT2D eigenvalue weighted by Gasteiger charge is -2.20. The van der Waals surface area contributed by atoms with Crippen molar-refractivity contribution in [1.29, 1.82) is 0 Å². The highest BCUT2D eigenvalue weighted by Crippen LogP contribution is 2.28. The molecule has 2 saturated heterocycles. The highest BCUT2D eigenvalue weighted by atomic mass is 32.1. The molecule has 6 nitrogen and oxygen atoms in total. The summed E-state index contributed by atoms with van der Waals surface area (Å²) in [4.78, 5) is 41.0. The van der Waals surface area contributed by atoms with Crippen LogP contribution >= 0.6 is 11.3 Å². The fourth-order valence-electron chi connectivity index (χ4n) is 3.60. The molecule has 7 heteroatoms. The van der Waals surface area contributed by atoms with E-state index in [0.717, 1.165) is 21.8 Å². The molecular formula is C19H19N3O3S. The molecule has 1 aromatic carbocycles. The van der Waals surface area contributed by atoms with Crippen LogP contribution in [0, 0.1) is 0 Å². The van der Waals surface area contributed by atoms with E-state index in [0.29, 0.717) is 13.0 Å². The van der Waals surface area contributed by atoms with Crippen LogP contribution in [0.2, 0.25) is 0 Å². The Balaban J connectivity index is 1.49. The van der Waals surface area contributed by atoms with E-state index in [1.165, 1.54) is 0 Å². The fraction of sp³-hybridized carbons (Fsp3) is 0.316. The molecule has 4 rings (SSSR count). The SMILES string of the molecule is O=C(CN1C(=O)[C@@H]2CCCN2C1=O)N[C@@H](c1ccccc1)c1cccs1. The van der Waals surface area contributed by atoms with Gasteiger partial charge in [-0.1, -0.05) is 36.4 Å². The topological polar surface area (TPSA) is 69.7 Å². The molecule has 2 atom stereocenters. The molecule has 2 fully saturated rings. The number of hydrogen-bond donors (Lipinski definition) is 1. The van der Waals surface area contributed by atoms with Crippen LogP contribution in [0.25, 0.3) is 0 Å². The Bertz CT molecular complexity index is 800. The second kappa shape index (κ2) is 6.92. The Hall–Kier alpha value is -2.67. The lowest BCUT2D eigenvalue weighted by atomic mass is 10.1. The predicted octanol–water partition coefficient (Wildman–Crippen LogP) is 2.38. The summed E-state index contributed by atoms with van der Waals surface area (Å²) in [5.41, 5.74) is 0.961. The number of carbonyl (C=O) groups excluding carboxylic acids is 3. The summed E-state index contributed by atoms with van der Waals surface area (Å²) in [5.74, 6) is -0.592. The Morgan fingerprint density at radius 3 is 2.69 bits per heavy atom. The number of nitrogens with one attached hydrogen (secondary N) is 1. The van der Waals surface area contributed by atoms with Gasteiger partial charge in [-0.2, -0.15) is 0 Å². The van der Waals surface area contributed by atoms with E-state index >= 15 is 0 Å². The van der Waals surface area contributed by atoms with Crippen LogP contribution in [0.3, 0.4) is 0 Å². The molecular weight excluding hydrogens is 350 g/mol. The van der Waals surface area contributed by atoms with Crippen molar-refractivity contribution >= 4 is 29.2 Å². The lowest BCUT2D eigenvalue weighted by molar-refractivity contribution is -0.132. The predicted molar refractivity (Wildman–Crippen MR) is 97.6 cm³/mol. The van der Waals surface area contributed by atoms with Gasteiger partial charge in [0.2, 0.25) is 5.91 Å². The van der Waals surface area contributed by atoms with Gasteiger partial charge in [-0.15, -0.1) is 11.3 Å². The molecule has 0 unspecified atom stereocenters. The maximum absolute atomic E-state index is 12.6. The minimum atomic E-state index is -0.377. The van der Waals surface area contributed by atoms with Crippen LogP contribution in [0.5, 0.6) is 0 Å². The maximum Gasteiger partial charge on any atom is 0.327 e. The minimum absolute atomic E-state index is 0.237. The van der Waals surface area contributed by atoms with Crippen LogP contribution in [0.15, 0.2) is 47.8 Å². The highest BCUT2D eigenvalue weighted by molar-refractivity contribution is 7.10. The van der Waals surface area contributed by atoms with Gasteiger partial charge in [0, 0.05) is 11.4 Å². The second-order valence-electron chi connectivity index (χ2n) is 6.49. The second-order valence-corrected chi connectivity index (χ2v) is 7.46. The smallest absolute Gasteiger partial charge is 0.327 e. The number of hydrogen-bond acceptors (Lipinski definition) is 4. The summed E-state index contributed by atoms with van der Waals surface area (Å²) in [6, 6.07) is 12.5. The minimum Gasteiger partial charge on any atom is -0.343 e. The van der Waals surface area contributed by atoms with Crippen molar-refractivity contribution in [3.63, 3.8) is 0 Å². The van der Waals surface area contributed by atoms with Crippen molar-refractivity contribution in [1.82, 2.24) is 15.1 Å². The van der Waals surface area contributed by atoms with Gasteiger partial charge in [-0.3, -0.25) is 14.5 Å². The van der Waals surface area contributed by atoms with Crippen molar-refractivity contribution in [2.75, 3.05) is 13.1 Å². The van der Waals surface area contributed by atoms with Crippen LogP contribution in [-0.2, 0) is 9.59 Å². The third-order valence-electron chi connectivity index (χ3n) is 4.85. The maximum atomic E-state index is 12.6. The van der Waals surface area contributed by atoms with Crippen molar-refractivity contribution < 1.29 is 14.4 Å². The summed E-state index contributed by atoms with van der Waals surface area (Å²) >= 11 is 1.55. The first-order valence-electron chi connectivity index (χ1n) is 8.65. The summed E-state index contributed by atoms with van der Waals surface area (Å²) in [6.45, 7) is 0.356. The average Bonchev–Trinajstić information content (AvgIpc) is 3.38. The number of benzene rings is 1. The molecule has 0 spiro atoms. The molecule has 4 amide bonds. The lowest BCUT2D eigenvalue weighted by Crippen LogP contribution is -2.42. The van der Waals surface area contributed by atoms with Gasteiger partial charge in [0.1, 0.15) is 12.6 Å². The number of carbonyl (C=O) groups is 3. The molecule has 134 valence electrons. The Kier molecular flexibility index (Phi) is 4.46. The number of urea groups is 1. The van der Waals surface area contributed by atoms with E-state index in [1.807, 2.05) is 47.8 Å². The molecule has 0 saturated carbocycles. The molecule has 0 radical (unpaired) electrons. The molecule has 0 bridgehead atoms. The van der Waals surface area contributed by atoms with Crippen LogP contribution in [0.4, 0.5) is 4.79 Å². The first-order chi connectivity index (χ1) is 12.6. The van der Waals surface area contributed by atoms with Crippen LogP contribution in [0.1, 0.15) is 29.3 Å². The molecule has 26 heavy (non-hydrogen) atoms. The number of imide groups is 1. The van der Waals surface area contributed by atoms with Gasteiger partial charge in [0.25, 0.3) is 5.91 Å². The standard InChI is InChI=1S/C19H19N3O3S/c23-16(12-22-18(24)14-8-4-10-21(14)19(22)25)20-17(15-9-5-11-26-15)13-6-2-1-3-7-13/h1-3,5-7,9,11,14,17H,4,8,10,12H2,(H,20,23)/t14-,17-/m0/s1. The molecule has 2 aromatic rings. The first kappa shape index (κ1) is 16.8. The largest absolute Gasteiger partial charge is 0.343 e. The number of thiophene rings is 1. The molecule has 2 aliphatic heterocycles. The molecule has 2 aliphatic rings. The summed E-state index contributed by atoms with van der Waals surface area (Å²) < 4.78 is 0. The fourth-order valence-corrected chi connectivity index (χ4v) is 4.40. The van der Waals surface area contributed by atoms with E-state index in [4.69, 9.17) is 0 Å². The summed E-state index contributed by atoms with van der Waals surface area (Å²) in [5, 5.41) is 4.93. The van der Waals surface area contributed by atoms with Gasteiger partial charge in [-0.05, 0) is 29.9 Å². The first-order valence-corrected chi connectivity index (χ1v) is 9.53. The van der Waals surface area contributed by atoms with Crippen molar-refractivity contribution in [2.24, 2.45) is 0 Å².